The van der Waals surface area contributed by atoms with Gasteiger partial charge in [0.2, 0.25) is 0 Å². The molecule has 1 N–H and O–H groups in total. The normalized spacial score (nSPS) is 11.6. The van der Waals surface area contributed by atoms with Crippen LogP contribution in [0.3, 0.4) is 0 Å². The summed E-state index contributed by atoms with van der Waals surface area (Å²) in [5.41, 5.74) is -1.52. The second-order valence-corrected chi connectivity index (χ2v) is 7.02. The van der Waals surface area contributed by atoms with E-state index in [1.807, 2.05) is 0 Å². The van der Waals surface area contributed by atoms with Crippen molar-refractivity contribution in [3.8, 4) is 0 Å². The van der Waals surface area contributed by atoms with Crippen molar-refractivity contribution in [3.05, 3.63) is 56.5 Å². The molecule has 124 valence electrons. The number of anilines is 1. The van der Waals surface area contributed by atoms with E-state index in [0.717, 1.165) is 12.1 Å². The molecule has 0 spiro atoms. The van der Waals surface area contributed by atoms with Crippen molar-refractivity contribution in [1.29, 1.82) is 0 Å². The molecular weight excluding hydrogens is 405 g/mol. The average molecular weight is 409 g/mol. The zero-order valence-electron chi connectivity index (χ0n) is 10.6. The number of hydrogen-bond donors (Lipinski definition) is 1. The second-order valence-electron chi connectivity index (χ2n) is 4.15. The van der Waals surface area contributed by atoms with E-state index >= 15 is 0 Å². The van der Waals surface area contributed by atoms with E-state index in [4.69, 9.17) is 34.8 Å². The molecule has 0 heterocycles. The highest BCUT2D eigenvalue weighted by molar-refractivity contribution is 7.92. The van der Waals surface area contributed by atoms with E-state index in [1.165, 1.54) is 4.72 Å². The van der Waals surface area contributed by atoms with Crippen molar-refractivity contribution >= 4 is 50.5 Å². The molecule has 0 saturated heterocycles. The maximum Gasteiger partial charge on any atom is 0.263 e. The predicted molar refractivity (Wildman–Crippen MR) is 78.6 cm³/mol. The number of hydrogen-bond acceptors (Lipinski definition) is 2. The van der Waals surface area contributed by atoms with E-state index in [1.54, 1.807) is 0 Å². The zero-order valence-corrected chi connectivity index (χ0v) is 13.7. The highest BCUT2D eigenvalue weighted by Crippen LogP contribution is 2.33. The number of sulfonamides is 1. The summed E-state index contributed by atoms with van der Waals surface area (Å²) in [4.78, 5) is -0.683. The van der Waals surface area contributed by atoms with Crippen LogP contribution < -0.4 is 4.72 Å². The lowest BCUT2D eigenvalue weighted by atomic mass is 10.3. The molecule has 0 aliphatic rings. The Morgan fingerprint density at radius 3 is 1.78 bits per heavy atom. The number of halogens is 7. The quantitative estimate of drug-likeness (QED) is 0.574. The predicted octanol–water partition coefficient (Wildman–Crippen LogP) is 5.00. The van der Waals surface area contributed by atoms with Gasteiger partial charge in [0.25, 0.3) is 10.0 Å². The highest BCUT2D eigenvalue weighted by Gasteiger charge is 2.26. The lowest BCUT2D eigenvalue weighted by molar-refractivity contribution is 0.459. The summed E-state index contributed by atoms with van der Waals surface area (Å²) < 4.78 is 79.0. The van der Waals surface area contributed by atoms with Crippen LogP contribution in [0.15, 0.2) is 23.1 Å². The Kier molecular flexibility index (Phi) is 5.00. The Hall–Kier alpha value is -1.22. The summed E-state index contributed by atoms with van der Waals surface area (Å²) in [5, 5.41) is -0.683. The Morgan fingerprint density at radius 2 is 1.26 bits per heavy atom. The minimum Gasteiger partial charge on any atom is -0.274 e. The monoisotopic (exact) mass is 407 g/mol. The standard InChI is InChI=1S/C12H4Cl3F4NO2S/c13-4-1-6(15)9(2-5(4)14)23(21,22)20-12-10(18)7(16)3-8(17)11(12)19/h1-3,20H. The molecule has 0 aromatic heterocycles. The largest absolute Gasteiger partial charge is 0.274 e. The first kappa shape index (κ1) is 18.1. The average Bonchev–Trinajstić information content (AvgIpc) is 2.45. The van der Waals surface area contributed by atoms with Crippen molar-refractivity contribution in [2.24, 2.45) is 0 Å². The molecule has 11 heteroatoms. The molecule has 0 fully saturated rings. The molecule has 0 aliphatic heterocycles. The van der Waals surface area contributed by atoms with Gasteiger partial charge in [0.05, 0.1) is 15.1 Å². The van der Waals surface area contributed by atoms with E-state index in [2.05, 4.69) is 0 Å². The molecule has 3 nitrogen and oxygen atoms in total. The summed E-state index contributed by atoms with van der Waals surface area (Å²) in [6, 6.07) is 1.74. The fourth-order valence-corrected chi connectivity index (χ4v) is 3.63. The lowest BCUT2D eigenvalue weighted by Crippen LogP contribution is -2.17. The van der Waals surface area contributed by atoms with E-state index in [9.17, 15) is 26.0 Å². The first-order chi connectivity index (χ1) is 10.5. The summed E-state index contributed by atoms with van der Waals surface area (Å²) in [6.07, 6.45) is 0. The summed E-state index contributed by atoms with van der Waals surface area (Å²) >= 11 is 17.0. The zero-order chi connectivity index (χ0) is 17.5. The summed E-state index contributed by atoms with van der Waals surface area (Å²) in [5.74, 6) is -7.38. The molecule has 0 amide bonds. The maximum absolute atomic E-state index is 13.5. The van der Waals surface area contributed by atoms with Gasteiger partial charge in [0, 0.05) is 6.07 Å². The third kappa shape index (κ3) is 3.50. The van der Waals surface area contributed by atoms with Crippen LogP contribution in [0.5, 0.6) is 0 Å². The Morgan fingerprint density at radius 1 is 0.783 bits per heavy atom. The highest BCUT2D eigenvalue weighted by atomic mass is 35.5. The minimum absolute atomic E-state index is 0.0609. The fraction of sp³-hybridized carbons (Fsp3) is 0. The maximum atomic E-state index is 13.5. The van der Waals surface area contributed by atoms with Crippen molar-refractivity contribution in [3.63, 3.8) is 0 Å². The Labute approximate surface area is 142 Å². The number of rotatable bonds is 3. The molecular formula is C12H4Cl3F4NO2S. The van der Waals surface area contributed by atoms with Crippen LogP contribution in [0.4, 0.5) is 23.2 Å². The van der Waals surface area contributed by atoms with E-state index in [-0.39, 0.29) is 16.1 Å². The number of nitrogens with one attached hydrogen (secondary N) is 1. The van der Waals surface area contributed by atoms with Crippen molar-refractivity contribution < 1.29 is 26.0 Å². The Balaban J connectivity index is 2.59. The lowest BCUT2D eigenvalue weighted by Gasteiger charge is -2.12. The van der Waals surface area contributed by atoms with Gasteiger partial charge in [0.1, 0.15) is 10.6 Å². The van der Waals surface area contributed by atoms with Crippen LogP contribution in [-0.2, 0) is 10.0 Å². The van der Waals surface area contributed by atoms with Crippen molar-refractivity contribution in [2.45, 2.75) is 4.90 Å². The third-order valence-corrected chi connectivity index (χ3v) is 5.15. The van der Waals surface area contributed by atoms with Gasteiger partial charge in [-0.05, 0) is 12.1 Å². The van der Waals surface area contributed by atoms with Crippen LogP contribution in [0.25, 0.3) is 0 Å². The molecule has 0 aliphatic carbocycles. The van der Waals surface area contributed by atoms with Gasteiger partial charge in [-0.25, -0.2) is 26.0 Å². The molecule has 23 heavy (non-hydrogen) atoms. The molecule has 0 atom stereocenters. The first-order valence-electron chi connectivity index (χ1n) is 5.55. The van der Waals surface area contributed by atoms with E-state index < -0.39 is 48.9 Å². The number of benzene rings is 2. The molecule has 0 unspecified atom stereocenters. The van der Waals surface area contributed by atoms with Crippen molar-refractivity contribution in [1.82, 2.24) is 0 Å². The van der Waals surface area contributed by atoms with Gasteiger partial charge in [-0.2, -0.15) is 0 Å². The van der Waals surface area contributed by atoms with Gasteiger partial charge in [-0.3, -0.25) is 4.72 Å². The van der Waals surface area contributed by atoms with Crippen molar-refractivity contribution in [2.75, 3.05) is 4.72 Å². The Bertz CT molecular complexity index is 880. The van der Waals surface area contributed by atoms with Crippen LogP contribution >= 0.6 is 34.8 Å². The second kappa shape index (κ2) is 6.35. The van der Waals surface area contributed by atoms with Crippen LogP contribution in [0.1, 0.15) is 0 Å². The van der Waals surface area contributed by atoms with Gasteiger partial charge in [-0.1, -0.05) is 34.8 Å². The smallest absolute Gasteiger partial charge is 0.263 e. The first-order valence-corrected chi connectivity index (χ1v) is 8.16. The van der Waals surface area contributed by atoms with Gasteiger partial charge in [-0.15, -0.1) is 0 Å². The minimum atomic E-state index is -4.70. The molecule has 0 saturated carbocycles. The van der Waals surface area contributed by atoms with Crippen LogP contribution in [0.2, 0.25) is 15.1 Å². The third-order valence-electron chi connectivity index (χ3n) is 2.61. The van der Waals surface area contributed by atoms with Crippen LogP contribution in [-0.4, -0.2) is 8.42 Å². The topological polar surface area (TPSA) is 46.2 Å². The van der Waals surface area contributed by atoms with Crippen LogP contribution in [0, 0.1) is 23.3 Å². The summed E-state index contributed by atoms with van der Waals surface area (Å²) in [7, 11) is -4.70. The van der Waals surface area contributed by atoms with Gasteiger partial charge < -0.3 is 0 Å². The van der Waals surface area contributed by atoms with Gasteiger partial charge >= 0.3 is 0 Å². The molecule has 2 aromatic carbocycles. The summed E-state index contributed by atoms with van der Waals surface area (Å²) in [6.45, 7) is 0. The van der Waals surface area contributed by atoms with Gasteiger partial charge in [0.15, 0.2) is 23.3 Å². The van der Waals surface area contributed by atoms with E-state index in [0.29, 0.717) is 0 Å². The fourth-order valence-electron chi connectivity index (χ4n) is 1.56. The molecule has 2 rings (SSSR count). The molecule has 0 bridgehead atoms. The molecule has 0 radical (unpaired) electrons. The molecule has 2 aromatic rings. The SMILES string of the molecule is O=S(=O)(Nc1c(F)c(F)cc(F)c1F)c1cc(Cl)c(Cl)cc1Cl.